The molecule has 1 aromatic heterocycles. The molecule has 0 spiro atoms. The molecule has 0 fully saturated rings. The lowest BCUT2D eigenvalue weighted by atomic mass is 10.2. The molecule has 1 aromatic carbocycles. The monoisotopic (exact) mass is 373 g/mol. The maximum atomic E-state index is 12.4. The summed E-state index contributed by atoms with van der Waals surface area (Å²) in [7, 11) is 0. The highest BCUT2D eigenvalue weighted by atomic mass is 32.1. The summed E-state index contributed by atoms with van der Waals surface area (Å²) in [4.78, 5) is 11.7. The quantitative estimate of drug-likeness (QED) is 0.747. The number of carbonyl (C=O) groups is 1. The highest BCUT2D eigenvalue weighted by Crippen LogP contribution is 2.30. The lowest BCUT2D eigenvalue weighted by Crippen LogP contribution is -2.35. The van der Waals surface area contributed by atoms with E-state index in [9.17, 15) is 23.1 Å². The fourth-order valence-corrected chi connectivity index (χ4v) is 2.71. The second kappa shape index (κ2) is 8.87. The molecule has 2 rings (SSSR count). The third-order valence-corrected chi connectivity index (χ3v) is 4.11. The van der Waals surface area contributed by atoms with E-state index in [0.29, 0.717) is 12.8 Å². The van der Waals surface area contributed by atoms with Crippen molar-refractivity contribution < 1.29 is 27.8 Å². The van der Waals surface area contributed by atoms with E-state index >= 15 is 0 Å². The normalized spacial score (nSPS) is 12.6. The Balaban J connectivity index is 1.66. The van der Waals surface area contributed by atoms with Crippen LogP contribution in [0.5, 0.6) is 5.75 Å². The second-order valence-electron chi connectivity index (χ2n) is 5.42. The number of ether oxygens (including phenoxy) is 1. The summed E-state index contributed by atoms with van der Waals surface area (Å²) in [5, 5.41) is 16.3. The minimum Gasteiger partial charge on any atom is -0.491 e. The van der Waals surface area contributed by atoms with Crippen molar-refractivity contribution in [2.45, 2.75) is 25.1 Å². The predicted octanol–water partition coefficient (Wildman–Crippen LogP) is 3.26. The first-order chi connectivity index (χ1) is 11.8. The third-order valence-electron chi connectivity index (χ3n) is 3.38. The fourth-order valence-electron chi connectivity index (χ4n) is 2.00. The molecule has 1 unspecified atom stereocenters. The second-order valence-corrected chi connectivity index (χ2v) is 6.20. The van der Waals surface area contributed by atoms with Gasteiger partial charge >= 0.3 is 6.18 Å². The fraction of sp³-hybridized carbons (Fsp3) is 0.353. The van der Waals surface area contributed by atoms with Gasteiger partial charge in [-0.25, -0.2) is 0 Å². The number of aliphatic hydroxyl groups is 1. The van der Waals surface area contributed by atoms with Crippen LogP contribution in [0.25, 0.3) is 0 Å². The van der Waals surface area contributed by atoms with E-state index in [4.69, 9.17) is 4.74 Å². The van der Waals surface area contributed by atoms with Gasteiger partial charge < -0.3 is 15.2 Å². The van der Waals surface area contributed by atoms with E-state index in [-0.39, 0.29) is 24.8 Å². The molecule has 1 atom stereocenters. The molecule has 0 bridgehead atoms. The highest BCUT2D eigenvalue weighted by Gasteiger charge is 2.30. The topological polar surface area (TPSA) is 58.6 Å². The van der Waals surface area contributed by atoms with Gasteiger partial charge in [-0.1, -0.05) is 0 Å². The van der Waals surface area contributed by atoms with E-state index in [1.165, 1.54) is 12.1 Å². The van der Waals surface area contributed by atoms with Crippen molar-refractivity contribution in [2.75, 3.05) is 13.2 Å². The van der Waals surface area contributed by atoms with Crippen molar-refractivity contribution in [1.82, 2.24) is 5.32 Å². The van der Waals surface area contributed by atoms with Gasteiger partial charge in [0.25, 0.3) is 0 Å². The number of aryl methyl sites for hydroxylation is 1. The van der Waals surface area contributed by atoms with Gasteiger partial charge in [0.15, 0.2) is 0 Å². The van der Waals surface area contributed by atoms with Crippen LogP contribution in [0.3, 0.4) is 0 Å². The Hall–Kier alpha value is -2.06. The molecule has 25 heavy (non-hydrogen) atoms. The maximum Gasteiger partial charge on any atom is 0.416 e. The molecule has 2 aromatic rings. The minimum atomic E-state index is -4.40. The van der Waals surface area contributed by atoms with Crippen LogP contribution in [0.2, 0.25) is 0 Å². The number of halogens is 3. The van der Waals surface area contributed by atoms with Crippen LogP contribution in [0.15, 0.2) is 41.1 Å². The van der Waals surface area contributed by atoms with Crippen molar-refractivity contribution >= 4 is 17.2 Å². The molecule has 4 nitrogen and oxygen atoms in total. The van der Waals surface area contributed by atoms with Crippen LogP contribution in [-0.4, -0.2) is 30.3 Å². The summed E-state index contributed by atoms with van der Waals surface area (Å²) >= 11 is 1.57. The first-order valence-electron chi connectivity index (χ1n) is 7.60. The molecule has 0 radical (unpaired) electrons. The molecule has 8 heteroatoms. The van der Waals surface area contributed by atoms with Gasteiger partial charge in [-0.15, -0.1) is 0 Å². The standard InChI is InChI=1S/C17H18F3NO3S/c18-17(19,20)13-2-4-15(5-3-13)24-10-14(22)9-21-16(23)6-1-12-7-8-25-11-12/h2-5,7-8,11,14,22H,1,6,9-10H2,(H,21,23). The number of benzene rings is 1. The van der Waals surface area contributed by atoms with Gasteiger partial charge in [0.2, 0.25) is 5.91 Å². The number of thiophene rings is 1. The average molecular weight is 373 g/mol. The first-order valence-corrected chi connectivity index (χ1v) is 8.55. The number of hydrogen-bond donors (Lipinski definition) is 2. The Kier molecular flexibility index (Phi) is 6.83. The number of carbonyl (C=O) groups excluding carboxylic acids is 1. The summed E-state index contributed by atoms with van der Waals surface area (Å²) in [5.74, 6) is 0.0376. The van der Waals surface area contributed by atoms with Crippen LogP contribution in [-0.2, 0) is 17.4 Å². The van der Waals surface area contributed by atoms with E-state index in [0.717, 1.165) is 17.7 Å². The Morgan fingerprint density at radius 2 is 1.96 bits per heavy atom. The largest absolute Gasteiger partial charge is 0.491 e. The Morgan fingerprint density at radius 3 is 2.56 bits per heavy atom. The Bertz CT molecular complexity index is 657. The molecule has 0 aliphatic heterocycles. The van der Waals surface area contributed by atoms with Gasteiger partial charge in [-0.3, -0.25) is 4.79 Å². The van der Waals surface area contributed by atoms with Gasteiger partial charge in [-0.2, -0.15) is 24.5 Å². The molecule has 2 N–H and O–H groups in total. The minimum absolute atomic E-state index is 0.0170. The summed E-state index contributed by atoms with van der Waals surface area (Å²) in [5.41, 5.74) is 0.324. The number of rotatable bonds is 8. The first kappa shape index (κ1) is 19.3. The molecule has 136 valence electrons. The average Bonchev–Trinajstić information content (AvgIpc) is 3.09. The van der Waals surface area contributed by atoms with E-state index < -0.39 is 17.8 Å². The molecular weight excluding hydrogens is 355 g/mol. The SMILES string of the molecule is O=C(CCc1ccsc1)NCC(O)COc1ccc(C(F)(F)F)cc1. The van der Waals surface area contributed by atoms with Gasteiger partial charge in [0, 0.05) is 13.0 Å². The zero-order chi connectivity index (χ0) is 18.3. The third kappa shape index (κ3) is 6.75. The predicted molar refractivity (Wildman–Crippen MR) is 88.6 cm³/mol. The summed E-state index contributed by atoms with van der Waals surface area (Å²) in [6.07, 6.45) is -4.39. The Labute approximate surface area is 147 Å². The van der Waals surface area contributed by atoms with Crippen LogP contribution in [0.4, 0.5) is 13.2 Å². The zero-order valence-electron chi connectivity index (χ0n) is 13.3. The van der Waals surface area contributed by atoms with Crippen molar-refractivity contribution in [3.8, 4) is 5.75 Å². The van der Waals surface area contributed by atoms with Crippen LogP contribution >= 0.6 is 11.3 Å². The van der Waals surface area contributed by atoms with Crippen LogP contribution in [0.1, 0.15) is 17.5 Å². The van der Waals surface area contributed by atoms with Crippen LogP contribution in [0, 0.1) is 0 Å². The number of amides is 1. The Morgan fingerprint density at radius 1 is 1.24 bits per heavy atom. The number of nitrogens with one attached hydrogen (secondary N) is 1. The molecule has 0 saturated carbocycles. The molecular formula is C17H18F3NO3S. The van der Waals surface area contributed by atoms with Gasteiger partial charge in [0.05, 0.1) is 5.56 Å². The molecule has 0 aliphatic carbocycles. The van der Waals surface area contributed by atoms with E-state index in [1.54, 1.807) is 11.3 Å². The smallest absolute Gasteiger partial charge is 0.416 e. The zero-order valence-corrected chi connectivity index (χ0v) is 14.1. The highest BCUT2D eigenvalue weighted by molar-refractivity contribution is 7.07. The van der Waals surface area contributed by atoms with Crippen molar-refractivity contribution in [2.24, 2.45) is 0 Å². The van der Waals surface area contributed by atoms with Gasteiger partial charge in [0.1, 0.15) is 18.5 Å². The molecule has 0 aliphatic rings. The molecule has 1 heterocycles. The summed E-state index contributed by atoms with van der Waals surface area (Å²) in [6, 6.07) is 6.15. The van der Waals surface area contributed by atoms with E-state index in [2.05, 4.69) is 5.32 Å². The molecule has 1 amide bonds. The number of aliphatic hydroxyl groups excluding tert-OH is 1. The van der Waals surface area contributed by atoms with Gasteiger partial charge in [-0.05, 0) is 53.1 Å². The van der Waals surface area contributed by atoms with Crippen molar-refractivity contribution in [3.05, 3.63) is 52.2 Å². The summed E-state index contributed by atoms with van der Waals surface area (Å²) < 4.78 is 42.5. The van der Waals surface area contributed by atoms with Crippen molar-refractivity contribution in [3.63, 3.8) is 0 Å². The van der Waals surface area contributed by atoms with Crippen LogP contribution < -0.4 is 10.1 Å². The lowest BCUT2D eigenvalue weighted by molar-refractivity contribution is -0.137. The maximum absolute atomic E-state index is 12.4. The van der Waals surface area contributed by atoms with E-state index in [1.807, 2.05) is 16.8 Å². The molecule has 0 saturated heterocycles. The number of hydrogen-bond acceptors (Lipinski definition) is 4. The lowest BCUT2D eigenvalue weighted by Gasteiger charge is -2.14. The van der Waals surface area contributed by atoms with Crippen molar-refractivity contribution in [1.29, 1.82) is 0 Å². The summed E-state index contributed by atoms with van der Waals surface area (Å²) in [6.45, 7) is -0.112. The number of alkyl halides is 3.